The number of para-hydroxylation sites is 1. The Morgan fingerprint density at radius 2 is 1.64 bits per heavy atom. The van der Waals surface area contributed by atoms with Crippen LogP contribution in [0.3, 0.4) is 0 Å². The van der Waals surface area contributed by atoms with Crippen LogP contribution in [0.4, 0.5) is 17.1 Å². The van der Waals surface area contributed by atoms with Gasteiger partial charge in [0, 0.05) is 0 Å². The fourth-order valence-corrected chi connectivity index (χ4v) is 2.97. The average Bonchev–Trinajstić information content (AvgIpc) is 2.93. The first-order chi connectivity index (χ1) is 12.0. The number of aromatic hydroxyl groups is 1. The molecule has 0 saturated carbocycles. The highest BCUT2D eigenvalue weighted by atomic mass is 35.5. The molecule has 1 aliphatic rings. The van der Waals surface area contributed by atoms with Crippen LogP contribution in [-0.4, -0.2) is 21.0 Å². The van der Waals surface area contributed by atoms with Gasteiger partial charge in [-0.3, -0.25) is 0 Å². The van der Waals surface area contributed by atoms with E-state index in [9.17, 15) is 9.32 Å². The topological polar surface area (TPSA) is 90.4 Å². The third-order valence-electron chi connectivity index (χ3n) is 3.16. The van der Waals surface area contributed by atoms with Crippen LogP contribution in [0.2, 0.25) is 10.0 Å². The van der Waals surface area contributed by atoms with Crippen LogP contribution < -0.4 is 10.6 Å². The number of benzene rings is 2. The van der Waals surface area contributed by atoms with Gasteiger partial charge < -0.3 is 15.7 Å². The van der Waals surface area contributed by atoms with Crippen LogP contribution >= 0.6 is 23.2 Å². The second kappa shape index (κ2) is 7.11. The van der Waals surface area contributed by atoms with Gasteiger partial charge in [0.25, 0.3) is 11.2 Å². The van der Waals surface area contributed by atoms with E-state index in [0.717, 1.165) is 0 Å². The van der Waals surface area contributed by atoms with Gasteiger partial charge in [0.2, 0.25) is 5.69 Å². The van der Waals surface area contributed by atoms with Crippen molar-refractivity contribution in [2.45, 2.75) is 0 Å². The van der Waals surface area contributed by atoms with E-state index >= 15 is 0 Å². The van der Waals surface area contributed by atoms with Crippen molar-refractivity contribution in [2.24, 2.45) is 8.80 Å². The van der Waals surface area contributed by atoms with Gasteiger partial charge in [-0.05, 0) is 18.2 Å². The van der Waals surface area contributed by atoms with Crippen LogP contribution in [0.25, 0.3) is 4.85 Å². The second-order valence-corrected chi connectivity index (χ2v) is 6.36. The Labute approximate surface area is 155 Å². The quantitative estimate of drug-likeness (QED) is 0.527. The standard InChI is InChI=1S/C15H9Cl2N5O2S/c1-18-10-6-3-7-11(13(10)23)20-15-14(21-25(24)22-15)19-9-5-2-4-8(16)12(9)17/h2-7,23H,(H,19,21)(H,20,22). The van der Waals surface area contributed by atoms with Crippen LogP contribution in [-0.2, 0) is 11.2 Å². The predicted molar refractivity (Wildman–Crippen MR) is 101 cm³/mol. The van der Waals surface area contributed by atoms with Crippen LogP contribution in [0.5, 0.6) is 5.75 Å². The van der Waals surface area contributed by atoms with Gasteiger partial charge in [-0.25, -0.2) is 9.05 Å². The summed E-state index contributed by atoms with van der Waals surface area (Å²) in [7, 11) is 0. The molecule has 126 valence electrons. The van der Waals surface area contributed by atoms with E-state index < -0.39 is 11.2 Å². The van der Waals surface area contributed by atoms with E-state index in [4.69, 9.17) is 29.8 Å². The third-order valence-corrected chi connectivity index (χ3v) is 4.65. The van der Waals surface area contributed by atoms with E-state index in [1.165, 1.54) is 6.07 Å². The molecule has 1 atom stereocenters. The Morgan fingerprint density at radius 1 is 1.04 bits per heavy atom. The minimum atomic E-state index is -1.82. The first kappa shape index (κ1) is 17.2. The van der Waals surface area contributed by atoms with E-state index in [1.54, 1.807) is 30.3 Å². The van der Waals surface area contributed by atoms with E-state index in [2.05, 4.69) is 24.3 Å². The number of rotatable bonds is 2. The number of halogens is 2. The molecule has 10 heteroatoms. The monoisotopic (exact) mass is 393 g/mol. The summed E-state index contributed by atoms with van der Waals surface area (Å²) in [6.45, 7) is 7.02. The van der Waals surface area contributed by atoms with Crippen molar-refractivity contribution in [1.29, 1.82) is 0 Å². The lowest BCUT2D eigenvalue weighted by Crippen LogP contribution is -2.27. The fraction of sp³-hybridized carbons (Fsp3) is 0. The molecule has 1 heterocycles. The van der Waals surface area contributed by atoms with E-state index in [1.807, 2.05) is 0 Å². The Hall–Kier alpha value is -2.60. The lowest BCUT2D eigenvalue weighted by atomic mass is 10.2. The summed E-state index contributed by atoms with van der Waals surface area (Å²) < 4.78 is 19.4. The summed E-state index contributed by atoms with van der Waals surface area (Å²) in [6.07, 6.45) is 0. The molecule has 3 N–H and O–H groups in total. The maximum absolute atomic E-state index is 11.7. The van der Waals surface area contributed by atoms with Gasteiger partial charge >= 0.3 is 0 Å². The Balaban J connectivity index is 1.88. The minimum absolute atomic E-state index is 0.0778. The van der Waals surface area contributed by atoms with Crippen molar-refractivity contribution in [3.05, 3.63) is 57.9 Å². The van der Waals surface area contributed by atoms with Gasteiger partial charge in [0.05, 0.1) is 28.0 Å². The molecular weight excluding hydrogens is 385 g/mol. The summed E-state index contributed by atoms with van der Waals surface area (Å²) in [5.74, 6) is 0.0555. The molecule has 0 bridgehead atoms. The molecule has 2 aromatic rings. The zero-order chi connectivity index (χ0) is 18.0. The predicted octanol–water partition coefficient (Wildman–Crippen LogP) is 4.16. The zero-order valence-corrected chi connectivity index (χ0v) is 14.7. The summed E-state index contributed by atoms with van der Waals surface area (Å²) in [5.41, 5.74) is 0.771. The van der Waals surface area contributed by atoms with Crippen molar-refractivity contribution in [2.75, 3.05) is 10.6 Å². The Kier molecular flexibility index (Phi) is 4.90. The Bertz CT molecular complexity index is 984. The van der Waals surface area contributed by atoms with Gasteiger partial charge in [-0.2, -0.15) is 0 Å². The molecule has 0 aliphatic carbocycles. The van der Waals surface area contributed by atoms with Gasteiger partial charge in [0.15, 0.2) is 11.7 Å². The maximum Gasteiger partial charge on any atom is 0.269 e. The highest BCUT2D eigenvalue weighted by Crippen LogP contribution is 2.34. The summed E-state index contributed by atoms with van der Waals surface area (Å²) in [5, 5.41) is 16.4. The molecule has 0 aromatic heterocycles. The van der Waals surface area contributed by atoms with Crippen molar-refractivity contribution in [3.63, 3.8) is 0 Å². The smallest absolute Gasteiger partial charge is 0.269 e. The number of nitrogens with one attached hydrogen (secondary N) is 2. The number of amidine groups is 2. The molecule has 0 spiro atoms. The van der Waals surface area contributed by atoms with Crippen molar-refractivity contribution >= 4 is 63.1 Å². The van der Waals surface area contributed by atoms with Gasteiger partial charge in [0.1, 0.15) is 5.75 Å². The highest BCUT2D eigenvalue weighted by Gasteiger charge is 2.22. The van der Waals surface area contributed by atoms with Crippen molar-refractivity contribution in [3.8, 4) is 5.75 Å². The molecule has 2 aromatic carbocycles. The number of phenols is 1. The maximum atomic E-state index is 11.7. The second-order valence-electron chi connectivity index (χ2n) is 4.75. The summed E-state index contributed by atoms with van der Waals surface area (Å²) in [6, 6.07) is 9.62. The third kappa shape index (κ3) is 3.58. The molecule has 1 aliphatic heterocycles. The lowest BCUT2D eigenvalue weighted by molar-refractivity contribution is 0.481. The normalized spacial score (nSPS) is 16.0. The fourth-order valence-electron chi connectivity index (χ4n) is 2.00. The number of nitrogens with zero attached hydrogens (tertiary/aromatic N) is 3. The molecule has 0 amide bonds. The summed E-state index contributed by atoms with van der Waals surface area (Å²) >= 11 is 10.3. The molecule has 3 rings (SSSR count). The van der Waals surface area contributed by atoms with Crippen LogP contribution in [0, 0.1) is 6.57 Å². The molecular formula is C15H9Cl2N5O2S. The molecule has 25 heavy (non-hydrogen) atoms. The average molecular weight is 394 g/mol. The molecule has 7 nitrogen and oxygen atoms in total. The SMILES string of the molecule is [C-]#[N+]c1cccc(NC2=NS(=O)N=C2Nc2cccc(Cl)c2Cl)c1O. The van der Waals surface area contributed by atoms with Crippen molar-refractivity contribution < 1.29 is 9.32 Å². The number of anilines is 2. The number of hydrogen-bond acceptors (Lipinski definition) is 4. The zero-order valence-electron chi connectivity index (χ0n) is 12.3. The largest absolute Gasteiger partial charge is 0.517 e. The lowest BCUT2D eigenvalue weighted by Gasteiger charge is -2.13. The molecule has 0 radical (unpaired) electrons. The minimum Gasteiger partial charge on any atom is -0.517 e. The Morgan fingerprint density at radius 3 is 2.32 bits per heavy atom. The molecule has 0 fully saturated rings. The first-order valence-corrected chi connectivity index (χ1v) is 8.59. The molecule has 0 saturated heterocycles. The van der Waals surface area contributed by atoms with Gasteiger partial charge in [-0.15, -0.1) is 8.80 Å². The van der Waals surface area contributed by atoms with E-state index in [0.29, 0.717) is 10.7 Å². The number of phenolic OH excluding ortho intramolecular Hbond substituents is 1. The van der Waals surface area contributed by atoms with Crippen molar-refractivity contribution in [1.82, 2.24) is 0 Å². The number of hydrogen-bond donors (Lipinski definition) is 3. The summed E-state index contributed by atoms with van der Waals surface area (Å²) in [4.78, 5) is 3.21. The van der Waals surface area contributed by atoms with Crippen LogP contribution in [0.15, 0.2) is 45.2 Å². The molecule has 1 unspecified atom stereocenters. The van der Waals surface area contributed by atoms with E-state index in [-0.39, 0.29) is 33.8 Å². The van der Waals surface area contributed by atoms with Gasteiger partial charge in [-0.1, -0.05) is 41.4 Å². The van der Waals surface area contributed by atoms with Crippen LogP contribution in [0.1, 0.15) is 0 Å². The first-order valence-electron chi connectivity index (χ1n) is 6.77. The highest BCUT2D eigenvalue weighted by molar-refractivity contribution is 7.83.